The van der Waals surface area contributed by atoms with Crippen LogP contribution in [0.2, 0.25) is 0 Å². The van der Waals surface area contributed by atoms with E-state index in [9.17, 15) is 8.42 Å². The second kappa shape index (κ2) is 4.34. The molecule has 0 radical (unpaired) electrons. The highest BCUT2D eigenvalue weighted by Crippen LogP contribution is 2.41. The Morgan fingerprint density at radius 3 is 2.95 bits per heavy atom. The summed E-state index contributed by atoms with van der Waals surface area (Å²) in [7, 11) is -3.27. The van der Waals surface area contributed by atoms with Gasteiger partial charge in [-0.05, 0) is 47.0 Å². The lowest BCUT2D eigenvalue weighted by Crippen LogP contribution is -2.06. The Kier molecular flexibility index (Phi) is 2.76. The second-order valence-corrected chi connectivity index (χ2v) is 9.59. The van der Waals surface area contributed by atoms with E-state index in [1.54, 1.807) is 4.52 Å². The first-order valence-electron chi connectivity index (χ1n) is 6.20. The number of thiophene rings is 1. The molecule has 1 aliphatic rings. The normalized spacial score (nSPS) is 16.5. The Balaban J connectivity index is 2.12. The SMILES string of the molecule is Cc1nnc2cc3c(nn12)-c1cc(Br)sc1S(=O)(=O)CC3. The first-order chi connectivity index (χ1) is 9.95. The van der Waals surface area contributed by atoms with Gasteiger partial charge in [0.2, 0.25) is 0 Å². The van der Waals surface area contributed by atoms with Crippen LogP contribution in [-0.2, 0) is 16.3 Å². The number of sulfone groups is 1. The molecule has 0 unspecified atom stereocenters. The van der Waals surface area contributed by atoms with Crippen molar-refractivity contribution < 1.29 is 8.42 Å². The van der Waals surface area contributed by atoms with Crippen LogP contribution in [0.3, 0.4) is 0 Å². The van der Waals surface area contributed by atoms with Gasteiger partial charge < -0.3 is 0 Å². The summed E-state index contributed by atoms with van der Waals surface area (Å²) in [6.45, 7) is 1.82. The molecule has 0 saturated heterocycles. The number of rotatable bonds is 0. The van der Waals surface area contributed by atoms with E-state index >= 15 is 0 Å². The molecular weight excluding hydrogens is 376 g/mol. The molecule has 0 N–H and O–H groups in total. The van der Waals surface area contributed by atoms with E-state index in [0.29, 0.717) is 33.4 Å². The van der Waals surface area contributed by atoms with Crippen LogP contribution in [0.5, 0.6) is 0 Å². The van der Waals surface area contributed by atoms with Gasteiger partial charge in [0, 0.05) is 5.56 Å². The smallest absolute Gasteiger partial charge is 0.188 e. The summed E-state index contributed by atoms with van der Waals surface area (Å²) in [6.07, 6.45) is 0.437. The molecule has 0 fully saturated rings. The number of nitrogens with zero attached hydrogens (tertiary/aromatic N) is 4. The maximum absolute atomic E-state index is 12.4. The molecule has 4 rings (SSSR count). The molecule has 1 aliphatic heterocycles. The van der Waals surface area contributed by atoms with Crippen LogP contribution in [0, 0.1) is 6.92 Å². The van der Waals surface area contributed by atoms with Crippen molar-refractivity contribution in [1.82, 2.24) is 19.8 Å². The minimum Gasteiger partial charge on any atom is -0.223 e. The van der Waals surface area contributed by atoms with Crippen molar-refractivity contribution in [2.24, 2.45) is 0 Å². The van der Waals surface area contributed by atoms with Gasteiger partial charge >= 0.3 is 0 Å². The van der Waals surface area contributed by atoms with Gasteiger partial charge in [-0.15, -0.1) is 21.5 Å². The molecule has 0 bridgehead atoms. The van der Waals surface area contributed by atoms with Gasteiger partial charge in [-0.3, -0.25) is 0 Å². The third-order valence-corrected chi connectivity index (χ3v) is 7.44. The monoisotopic (exact) mass is 384 g/mol. The molecule has 0 saturated carbocycles. The number of aryl methyl sites for hydroxylation is 2. The quantitative estimate of drug-likeness (QED) is 0.593. The fraction of sp³-hybridized carbons (Fsp3) is 0.250. The maximum Gasteiger partial charge on any atom is 0.188 e. The molecule has 4 heterocycles. The highest BCUT2D eigenvalue weighted by atomic mass is 79.9. The predicted octanol–water partition coefficient (Wildman–Crippen LogP) is 2.25. The summed E-state index contributed by atoms with van der Waals surface area (Å²) in [5.41, 5.74) is 2.89. The van der Waals surface area contributed by atoms with Gasteiger partial charge in [-0.1, -0.05) is 0 Å². The van der Waals surface area contributed by atoms with Crippen LogP contribution >= 0.6 is 27.3 Å². The van der Waals surface area contributed by atoms with Gasteiger partial charge in [0.1, 0.15) is 4.21 Å². The molecule has 0 amide bonds. The van der Waals surface area contributed by atoms with Crippen LogP contribution < -0.4 is 0 Å². The summed E-state index contributed by atoms with van der Waals surface area (Å²) in [6, 6.07) is 3.69. The van der Waals surface area contributed by atoms with E-state index in [0.717, 1.165) is 9.35 Å². The first-order valence-corrected chi connectivity index (χ1v) is 9.46. The van der Waals surface area contributed by atoms with E-state index < -0.39 is 9.84 Å². The first kappa shape index (κ1) is 13.4. The van der Waals surface area contributed by atoms with E-state index in [1.165, 1.54) is 11.3 Å². The van der Waals surface area contributed by atoms with Crippen molar-refractivity contribution in [3.8, 4) is 11.3 Å². The molecule has 3 aromatic rings. The third-order valence-electron chi connectivity index (χ3n) is 3.47. The topological polar surface area (TPSA) is 77.2 Å². The number of hydrogen-bond acceptors (Lipinski definition) is 6. The van der Waals surface area contributed by atoms with Crippen LogP contribution in [0.4, 0.5) is 0 Å². The van der Waals surface area contributed by atoms with Crippen molar-refractivity contribution in [3.63, 3.8) is 0 Å². The van der Waals surface area contributed by atoms with Crippen molar-refractivity contribution in [2.45, 2.75) is 17.6 Å². The standard InChI is InChI=1S/C12H9BrN4O2S2/c1-6-14-15-10-4-7-2-3-21(18,19)12-8(5-9(13)20-12)11(7)16-17(6)10/h4-5H,2-3H2,1H3. The molecule has 0 aromatic carbocycles. The van der Waals surface area contributed by atoms with Gasteiger partial charge in [0.25, 0.3) is 0 Å². The number of aromatic nitrogens is 4. The predicted molar refractivity (Wildman–Crippen MR) is 82.3 cm³/mol. The van der Waals surface area contributed by atoms with Gasteiger partial charge in [-0.2, -0.15) is 9.61 Å². The van der Waals surface area contributed by atoms with Crippen LogP contribution in [0.25, 0.3) is 16.9 Å². The van der Waals surface area contributed by atoms with E-state index in [4.69, 9.17) is 0 Å². The lowest BCUT2D eigenvalue weighted by Gasteiger charge is -2.05. The Morgan fingerprint density at radius 1 is 1.33 bits per heavy atom. The van der Waals surface area contributed by atoms with Crippen molar-refractivity contribution >= 4 is 42.8 Å². The fourth-order valence-electron chi connectivity index (χ4n) is 2.47. The fourth-order valence-corrected chi connectivity index (χ4v) is 6.32. The molecule has 0 atom stereocenters. The number of fused-ring (bicyclic) bond motifs is 4. The second-order valence-electron chi connectivity index (χ2n) is 4.86. The highest BCUT2D eigenvalue weighted by molar-refractivity contribution is 9.11. The molecule has 6 nitrogen and oxygen atoms in total. The zero-order valence-electron chi connectivity index (χ0n) is 10.9. The molecule has 108 valence electrons. The molecule has 3 aromatic heterocycles. The number of hydrogen-bond donors (Lipinski definition) is 0. The lowest BCUT2D eigenvalue weighted by molar-refractivity contribution is 0.598. The summed E-state index contributed by atoms with van der Waals surface area (Å²) in [4.78, 5) is 0. The maximum atomic E-state index is 12.4. The number of halogens is 1. The van der Waals surface area contributed by atoms with E-state index in [1.807, 2.05) is 19.1 Å². The van der Waals surface area contributed by atoms with Gasteiger partial charge in [0.15, 0.2) is 21.3 Å². The van der Waals surface area contributed by atoms with E-state index in [2.05, 4.69) is 31.2 Å². The Hall–Kier alpha value is -1.32. The largest absolute Gasteiger partial charge is 0.223 e. The molecular formula is C12H9BrN4O2S2. The van der Waals surface area contributed by atoms with Gasteiger partial charge in [0.05, 0.1) is 15.2 Å². The minimum absolute atomic E-state index is 0.0882. The summed E-state index contributed by atoms with van der Waals surface area (Å²) in [5.74, 6) is 0.765. The Morgan fingerprint density at radius 2 is 2.14 bits per heavy atom. The van der Waals surface area contributed by atoms with Crippen molar-refractivity contribution in [2.75, 3.05) is 5.75 Å². The van der Waals surface area contributed by atoms with Crippen LogP contribution in [-0.4, -0.2) is 34.0 Å². The Bertz CT molecular complexity index is 990. The average Bonchev–Trinajstić information content (AvgIpc) is 2.97. The molecule has 21 heavy (non-hydrogen) atoms. The van der Waals surface area contributed by atoms with Gasteiger partial charge in [-0.25, -0.2) is 8.42 Å². The molecule has 0 aliphatic carbocycles. The zero-order chi connectivity index (χ0) is 14.8. The highest BCUT2D eigenvalue weighted by Gasteiger charge is 2.29. The van der Waals surface area contributed by atoms with E-state index in [-0.39, 0.29) is 5.75 Å². The molecule has 0 spiro atoms. The summed E-state index contributed by atoms with van der Waals surface area (Å²) in [5, 5.41) is 12.6. The molecule has 9 heteroatoms. The van der Waals surface area contributed by atoms with Crippen molar-refractivity contribution in [1.29, 1.82) is 0 Å². The Labute approximate surface area is 132 Å². The third kappa shape index (κ3) is 1.95. The minimum atomic E-state index is -3.27. The lowest BCUT2D eigenvalue weighted by atomic mass is 10.1. The average molecular weight is 385 g/mol. The van der Waals surface area contributed by atoms with Crippen LogP contribution in [0.1, 0.15) is 11.4 Å². The summed E-state index contributed by atoms with van der Waals surface area (Å²) >= 11 is 4.61. The summed E-state index contributed by atoms with van der Waals surface area (Å²) < 4.78 is 27.6. The zero-order valence-corrected chi connectivity index (χ0v) is 14.1. The van der Waals surface area contributed by atoms with Crippen LogP contribution in [0.15, 0.2) is 20.1 Å². The van der Waals surface area contributed by atoms with Crippen molar-refractivity contribution in [3.05, 3.63) is 27.3 Å².